The van der Waals surface area contributed by atoms with Crippen molar-refractivity contribution in [3.63, 3.8) is 0 Å². The summed E-state index contributed by atoms with van der Waals surface area (Å²) < 4.78 is 0. The molecule has 0 spiro atoms. The lowest BCUT2D eigenvalue weighted by Gasteiger charge is -2.30. The Morgan fingerprint density at radius 1 is 1.22 bits per heavy atom. The van der Waals surface area contributed by atoms with Crippen LogP contribution in [0.15, 0.2) is 24.3 Å². The van der Waals surface area contributed by atoms with E-state index < -0.39 is 0 Å². The Hall–Kier alpha value is -0.670. The van der Waals surface area contributed by atoms with Gasteiger partial charge in [-0.2, -0.15) is 11.8 Å². The molecule has 1 aromatic carbocycles. The molecule has 1 aromatic rings. The third-order valence-electron chi connectivity index (χ3n) is 3.90. The van der Waals surface area contributed by atoms with Gasteiger partial charge in [0, 0.05) is 22.9 Å². The molecule has 1 saturated carbocycles. The molecule has 1 fully saturated rings. The molecule has 2 rings (SSSR count). The van der Waals surface area contributed by atoms with Crippen LogP contribution < -0.4 is 5.32 Å². The first-order chi connectivity index (χ1) is 8.70. The topological polar surface area (TPSA) is 32.3 Å². The van der Waals surface area contributed by atoms with Gasteiger partial charge in [0.05, 0.1) is 0 Å². The van der Waals surface area contributed by atoms with E-state index in [1.165, 1.54) is 25.7 Å². The highest BCUT2D eigenvalue weighted by Gasteiger charge is 2.22. The summed E-state index contributed by atoms with van der Waals surface area (Å²) in [4.78, 5) is 0. The van der Waals surface area contributed by atoms with Gasteiger partial charge < -0.3 is 10.4 Å². The van der Waals surface area contributed by atoms with Crippen molar-refractivity contribution in [2.75, 3.05) is 6.26 Å². The Morgan fingerprint density at radius 3 is 2.50 bits per heavy atom. The summed E-state index contributed by atoms with van der Waals surface area (Å²) in [5, 5.41) is 14.3. The number of rotatable bonds is 4. The van der Waals surface area contributed by atoms with E-state index in [1.54, 1.807) is 6.07 Å². The quantitative estimate of drug-likeness (QED) is 0.870. The van der Waals surface area contributed by atoms with Crippen LogP contribution in [0.4, 0.5) is 0 Å². The number of hydrogen-bond donors (Lipinski definition) is 2. The predicted molar refractivity (Wildman–Crippen MR) is 79.2 cm³/mol. The van der Waals surface area contributed by atoms with Crippen LogP contribution in [-0.2, 0) is 0 Å². The second-order valence-electron chi connectivity index (χ2n) is 5.16. The molecule has 2 N–H and O–H groups in total. The maximum absolute atomic E-state index is 9.85. The van der Waals surface area contributed by atoms with E-state index in [1.807, 2.05) is 30.0 Å². The lowest BCUT2D eigenvalue weighted by atomic mass is 9.93. The Labute approximate surface area is 114 Å². The number of benzene rings is 1. The Kier molecular flexibility index (Phi) is 4.95. The number of phenols is 1. The minimum Gasteiger partial charge on any atom is -0.508 e. The van der Waals surface area contributed by atoms with Crippen LogP contribution in [0.3, 0.4) is 0 Å². The molecule has 100 valence electrons. The Balaban J connectivity index is 1.89. The van der Waals surface area contributed by atoms with Crippen LogP contribution in [0, 0.1) is 0 Å². The summed E-state index contributed by atoms with van der Waals surface area (Å²) in [5.41, 5.74) is 1.00. The second-order valence-corrected chi connectivity index (χ2v) is 6.29. The number of para-hydroxylation sites is 1. The maximum atomic E-state index is 9.85. The van der Waals surface area contributed by atoms with Crippen molar-refractivity contribution in [1.82, 2.24) is 5.32 Å². The molecule has 18 heavy (non-hydrogen) atoms. The standard InChI is InChI=1S/C15H23NOS/c1-11(14-5-3-4-6-15(14)17)16-12-7-9-13(18-2)10-8-12/h3-6,11-13,16-17H,7-10H2,1-2H3. The fourth-order valence-corrected chi connectivity index (χ4v) is 3.51. The summed E-state index contributed by atoms with van der Waals surface area (Å²) in [6.07, 6.45) is 7.34. The van der Waals surface area contributed by atoms with Crippen molar-refractivity contribution in [1.29, 1.82) is 0 Å². The molecule has 0 radical (unpaired) electrons. The molecule has 1 aliphatic carbocycles. The van der Waals surface area contributed by atoms with Crippen molar-refractivity contribution >= 4 is 11.8 Å². The van der Waals surface area contributed by atoms with E-state index in [2.05, 4.69) is 18.5 Å². The van der Waals surface area contributed by atoms with Crippen LogP contribution in [0.1, 0.15) is 44.2 Å². The lowest BCUT2D eigenvalue weighted by molar-refractivity contribution is 0.347. The van der Waals surface area contributed by atoms with E-state index in [9.17, 15) is 5.11 Å². The SMILES string of the molecule is CSC1CCC(NC(C)c2ccccc2O)CC1. The second kappa shape index (κ2) is 6.48. The summed E-state index contributed by atoms with van der Waals surface area (Å²) in [5.74, 6) is 0.398. The zero-order valence-corrected chi connectivity index (χ0v) is 12.0. The highest BCUT2D eigenvalue weighted by Crippen LogP contribution is 2.29. The maximum Gasteiger partial charge on any atom is 0.120 e. The Morgan fingerprint density at radius 2 is 1.89 bits per heavy atom. The van der Waals surface area contributed by atoms with Crippen LogP contribution in [0.5, 0.6) is 5.75 Å². The van der Waals surface area contributed by atoms with Crippen molar-refractivity contribution in [2.45, 2.75) is 49.9 Å². The first kappa shape index (κ1) is 13.8. The molecule has 1 unspecified atom stereocenters. The zero-order chi connectivity index (χ0) is 13.0. The highest BCUT2D eigenvalue weighted by molar-refractivity contribution is 7.99. The summed E-state index contributed by atoms with van der Waals surface area (Å²) >= 11 is 2.00. The van der Waals surface area contributed by atoms with Crippen molar-refractivity contribution in [3.8, 4) is 5.75 Å². The molecule has 0 amide bonds. The molecule has 0 aromatic heterocycles. The lowest BCUT2D eigenvalue weighted by Crippen LogP contribution is -2.35. The molecule has 0 aliphatic heterocycles. The number of phenolic OH excluding ortho intramolecular Hbond substituents is 1. The fraction of sp³-hybridized carbons (Fsp3) is 0.600. The minimum absolute atomic E-state index is 0.224. The van der Waals surface area contributed by atoms with Gasteiger partial charge in [0.1, 0.15) is 5.75 Å². The Bertz CT molecular complexity index is 375. The van der Waals surface area contributed by atoms with Gasteiger partial charge in [0.15, 0.2) is 0 Å². The van der Waals surface area contributed by atoms with Gasteiger partial charge in [-0.3, -0.25) is 0 Å². The van der Waals surface area contributed by atoms with Crippen LogP contribution >= 0.6 is 11.8 Å². The van der Waals surface area contributed by atoms with E-state index >= 15 is 0 Å². The number of thioether (sulfide) groups is 1. The van der Waals surface area contributed by atoms with Crippen LogP contribution in [0.2, 0.25) is 0 Å². The molecule has 0 heterocycles. The average Bonchev–Trinajstić information content (AvgIpc) is 2.40. The van der Waals surface area contributed by atoms with Gasteiger partial charge in [-0.1, -0.05) is 18.2 Å². The smallest absolute Gasteiger partial charge is 0.120 e. The summed E-state index contributed by atoms with van der Waals surface area (Å²) in [6.45, 7) is 2.13. The average molecular weight is 265 g/mol. The van der Waals surface area contributed by atoms with E-state index in [0.29, 0.717) is 11.8 Å². The third-order valence-corrected chi connectivity index (χ3v) is 5.03. The molecular weight excluding hydrogens is 242 g/mol. The largest absolute Gasteiger partial charge is 0.508 e. The van der Waals surface area contributed by atoms with Gasteiger partial charge in [-0.05, 0) is 44.9 Å². The van der Waals surface area contributed by atoms with Gasteiger partial charge in [-0.25, -0.2) is 0 Å². The first-order valence-corrected chi connectivity index (χ1v) is 8.06. The normalized spacial score (nSPS) is 25.9. The highest BCUT2D eigenvalue weighted by atomic mass is 32.2. The van der Waals surface area contributed by atoms with Gasteiger partial charge >= 0.3 is 0 Å². The molecule has 1 atom stereocenters. The number of nitrogens with one attached hydrogen (secondary N) is 1. The summed E-state index contributed by atoms with van der Waals surface area (Å²) in [7, 11) is 0. The van der Waals surface area contributed by atoms with Crippen LogP contribution in [-0.4, -0.2) is 22.7 Å². The van der Waals surface area contributed by atoms with E-state index in [0.717, 1.165) is 10.8 Å². The van der Waals surface area contributed by atoms with Gasteiger partial charge in [0.2, 0.25) is 0 Å². The third kappa shape index (κ3) is 3.42. The predicted octanol–water partition coefficient (Wildman–Crippen LogP) is 3.72. The van der Waals surface area contributed by atoms with Gasteiger partial charge in [-0.15, -0.1) is 0 Å². The molecule has 3 heteroatoms. The van der Waals surface area contributed by atoms with Gasteiger partial charge in [0.25, 0.3) is 0 Å². The van der Waals surface area contributed by atoms with Crippen molar-refractivity contribution in [2.24, 2.45) is 0 Å². The van der Waals surface area contributed by atoms with E-state index in [4.69, 9.17) is 0 Å². The molecule has 2 nitrogen and oxygen atoms in total. The number of hydrogen-bond acceptors (Lipinski definition) is 3. The van der Waals surface area contributed by atoms with E-state index in [-0.39, 0.29) is 6.04 Å². The first-order valence-electron chi connectivity index (χ1n) is 6.77. The number of aromatic hydroxyl groups is 1. The fourth-order valence-electron chi connectivity index (χ4n) is 2.76. The van der Waals surface area contributed by atoms with Crippen molar-refractivity contribution in [3.05, 3.63) is 29.8 Å². The monoisotopic (exact) mass is 265 g/mol. The molecule has 0 bridgehead atoms. The van der Waals surface area contributed by atoms with Crippen molar-refractivity contribution < 1.29 is 5.11 Å². The summed E-state index contributed by atoms with van der Waals surface area (Å²) in [6, 6.07) is 8.44. The van der Waals surface area contributed by atoms with Crippen LogP contribution in [0.25, 0.3) is 0 Å². The molecule has 1 aliphatic rings. The molecular formula is C15H23NOS. The minimum atomic E-state index is 0.224. The molecule has 0 saturated heterocycles. The zero-order valence-electron chi connectivity index (χ0n) is 11.2.